The number of nitrogens with zero attached hydrogens (tertiary/aromatic N) is 2. The lowest BCUT2D eigenvalue weighted by atomic mass is 10.1. The Hall–Kier alpha value is -0.530. The van der Waals surface area contributed by atoms with Crippen molar-refractivity contribution in [2.75, 3.05) is 39.8 Å². The lowest BCUT2D eigenvalue weighted by Crippen LogP contribution is -2.42. The van der Waals surface area contributed by atoms with E-state index in [-0.39, 0.29) is 24.0 Å². The summed E-state index contributed by atoms with van der Waals surface area (Å²) >= 11 is 5.90. The van der Waals surface area contributed by atoms with Gasteiger partial charge >= 0.3 is 0 Å². The highest BCUT2D eigenvalue weighted by atomic mass is 127. The SMILES string of the molecule is CN=C(NCCc1ccc(Cl)cc1)NCC(C)CN1CCCC1.I. The van der Waals surface area contributed by atoms with Crippen LogP contribution in [0.3, 0.4) is 0 Å². The highest BCUT2D eigenvalue weighted by Gasteiger charge is 2.14. The second-order valence-corrected chi connectivity index (χ2v) is 6.81. The summed E-state index contributed by atoms with van der Waals surface area (Å²) < 4.78 is 0. The van der Waals surface area contributed by atoms with Crippen LogP contribution in [-0.2, 0) is 6.42 Å². The summed E-state index contributed by atoms with van der Waals surface area (Å²) in [7, 11) is 1.82. The van der Waals surface area contributed by atoms with E-state index in [9.17, 15) is 0 Å². The van der Waals surface area contributed by atoms with E-state index in [2.05, 4.69) is 39.6 Å². The van der Waals surface area contributed by atoms with E-state index in [1.165, 1.54) is 38.0 Å². The number of likely N-dealkylation sites (tertiary alicyclic amines) is 1. The summed E-state index contributed by atoms with van der Waals surface area (Å²) in [4.78, 5) is 6.86. The lowest BCUT2D eigenvalue weighted by molar-refractivity contribution is 0.287. The van der Waals surface area contributed by atoms with E-state index in [1.807, 2.05) is 19.2 Å². The first-order valence-corrected chi connectivity index (χ1v) is 8.96. The van der Waals surface area contributed by atoms with Crippen LogP contribution in [0.25, 0.3) is 0 Å². The van der Waals surface area contributed by atoms with Crippen molar-refractivity contribution in [3.8, 4) is 0 Å². The predicted molar refractivity (Wildman–Crippen MR) is 115 cm³/mol. The first-order valence-electron chi connectivity index (χ1n) is 8.58. The fourth-order valence-corrected chi connectivity index (χ4v) is 3.06. The zero-order valence-electron chi connectivity index (χ0n) is 14.7. The largest absolute Gasteiger partial charge is 0.356 e. The molecule has 24 heavy (non-hydrogen) atoms. The topological polar surface area (TPSA) is 39.7 Å². The van der Waals surface area contributed by atoms with E-state index in [4.69, 9.17) is 11.6 Å². The van der Waals surface area contributed by atoms with Gasteiger partial charge in [-0.25, -0.2) is 0 Å². The summed E-state index contributed by atoms with van der Waals surface area (Å²) in [5, 5.41) is 7.59. The van der Waals surface area contributed by atoms with Crippen LogP contribution in [0.1, 0.15) is 25.3 Å². The van der Waals surface area contributed by atoms with Gasteiger partial charge in [0.25, 0.3) is 0 Å². The third kappa shape index (κ3) is 8.03. The quantitative estimate of drug-likeness (QED) is 0.369. The molecule has 0 spiro atoms. The van der Waals surface area contributed by atoms with Crippen LogP contribution in [0, 0.1) is 5.92 Å². The van der Waals surface area contributed by atoms with Gasteiger partial charge in [-0.15, -0.1) is 24.0 Å². The van der Waals surface area contributed by atoms with Gasteiger partial charge in [0.1, 0.15) is 0 Å². The van der Waals surface area contributed by atoms with Gasteiger partial charge in [-0.05, 0) is 56.0 Å². The van der Waals surface area contributed by atoms with Gasteiger partial charge in [-0.3, -0.25) is 4.99 Å². The first kappa shape index (κ1) is 21.5. The molecule has 1 aromatic rings. The summed E-state index contributed by atoms with van der Waals surface area (Å²) in [5.41, 5.74) is 1.28. The molecule has 1 saturated heterocycles. The van der Waals surface area contributed by atoms with Crippen molar-refractivity contribution >= 4 is 41.5 Å². The second kappa shape index (κ2) is 11.9. The second-order valence-electron chi connectivity index (χ2n) is 6.37. The molecule has 2 rings (SSSR count). The number of hydrogen-bond acceptors (Lipinski definition) is 2. The summed E-state index contributed by atoms with van der Waals surface area (Å²) in [6.45, 7) is 7.82. The minimum Gasteiger partial charge on any atom is -0.356 e. The van der Waals surface area contributed by atoms with E-state index < -0.39 is 0 Å². The highest BCUT2D eigenvalue weighted by Crippen LogP contribution is 2.10. The fraction of sp³-hybridized carbons (Fsp3) is 0.611. The van der Waals surface area contributed by atoms with Gasteiger partial charge < -0.3 is 15.5 Å². The molecule has 1 aliphatic heterocycles. The molecule has 1 aromatic carbocycles. The molecule has 1 aliphatic rings. The third-order valence-corrected chi connectivity index (χ3v) is 4.48. The molecule has 2 N–H and O–H groups in total. The highest BCUT2D eigenvalue weighted by molar-refractivity contribution is 14.0. The molecule has 136 valence electrons. The molecule has 4 nitrogen and oxygen atoms in total. The summed E-state index contributed by atoms with van der Waals surface area (Å²) in [5.74, 6) is 1.51. The average Bonchev–Trinajstić information content (AvgIpc) is 3.05. The molecule has 0 amide bonds. The molecule has 1 fully saturated rings. The minimum absolute atomic E-state index is 0. The maximum Gasteiger partial charge on any atom is 0.190 e. The molecular formula is C18H30ClIN4. The fourth-order valence-electron chi connectivity index (χ4n) is 2.94. The molecule has 0 saturated carbocycles. The number of benzene rings is 1. The average molecular weight is 465 g/mol. The zero-order chi connectivity index (χ0) is 16.5. The Balaban J connectivity index is 0.00000288. The predicted octanol–water partition coefficient (Wildman–Crippen LogP) is 3.40. The molecular weight excluding hydrogens is 435 g/mol. The number of halogens is 2. The van der Waals surface area contributed by atoms with Crippen molar-refractivity contribution in [3.63, 3.8) is 0 Å². The number of aliphatic imine (C=N–C) groups is 1. The van der Waals surface area contributed by atoms with E-state index in [1.54, 1.807) is 0 Å². The molecule has 0 radical (unpaired) electrons. The van der Waals surface area contributed by atoms with Crippen molar-refractivity contribution < 1.29 is 0 Å². The Labute approximate surface area is 168 Å². The van der Waals surface area contributed by atoms with Gasteiger partial charge in [0.05, 0.1) is 0 Å². The zero-order valence-corrected chi connectivity index (χ0v) is 17.8. The van der Waals surface area contributed by atoms with Crippen molar-refractivity contribution in [2.24, 2.45) is 10.9 Å². The Bertz CT molecular complexity index is 486. The van der Waals surface area contributed by atoms with Crippen molar-refractivity contribution in [1.29, 1.82) is 0 Å². The molecule has 0 bridgehead atoms. The molecule has 1 heterocycles. The van der Waals surface area contributed by atoms with Gasteiger partial charge in [0.2, 0.25) is 0 Å². The van der Waals surface area contributed by atoms with Crippen molar-refractivity contribution in [1.82, 2.24) is 15.5 Å². The molecule has 1 unspecified atom stereocenters. The molecule has 1 atom stereocenters. The maximum absolute atomic E-state index is 5.90. The summed E-state index contributed by atoms with van der Waals surface area (Å²) in [6, 6.07) is 8.00. The Kier molecular flexibility index (Phi) is 10.7. The third-order valence-electron chi connectivity index (χ3n) is 4.23. The van der Waals surface area contributed by atoms with Crippen LogP contribution < -0.4 is 10.6 Å². The van der Waals surface area contributed by atoms with Crippen LogP contribution in [0.15, 0.2) is 29.3 Å². The maximum atomic E-state index is 5.90. The smallest absolute Gasteiger partial charge is 0.190 e. The van der Waals surface area contributed by atoms with E-state index in [0.29, 0.717) is 5.92 Å². The van der Waals surface area contributed by atoms with Crippen LogP contribution in [-0.4, -0.2) is 50.6 Å². The number of rotatable bonds is 7. The van der Waals surface area contributed by atoms with Gasteiger partial charge in [-0.1, -0.05) is 30.7 Å². The normalized spacial score (nSPS) is 16.5. The standard InChI is InChI=1S/C18H29ClN4.HI/c1-15(14-23-11-3-4-12-23)13-22-18(20-2)21-10-9-16-5-7-17(19)8-6-16;/h5-8,15H,3-4,9-14H2,1-2H3,(H2,20,21,22);1H. The Morgan fingerprint density at radius 3 is 2.50 bits per heavy atom. The monoisotopic (exact) mass is 464 g/mol. The Morgan fingerprint density at radius 2 is 1.88 bits per heavy atom. The van der Waals surface area contributed by atoms with Crippen LogP contribution >= 0.6 is 35.6 Å². The van der Waals surface area contributed by atoms with E-state index >= 15 is 0 Å². The first-order chi connectivity index (χ1) is 11.2. The van der Waals surface area contributed by atoms with Crippen molar-refractivity contribution in [3.05, 3.63) is 34.9 Å². The van der Waals surface area contributed by atoms with Gasteiger partial charge in [-0.2, -0.15) is 0 Å². The molecule has 0 aromatic heterocycles. The number of nitrogens with one attached hydrogen (secondary N) is 2. The lowest BCUT2D eigenvalue weighted by Gasteiger charge is -2.21. The van der Waals surface area contributed by atoms with E-state index in [0.717, 1.165) is 30.5 Å². The molecule has 0 aliphatic carbocycles. The van der Waals surface area contributed by atoms with Crippen molar-refractivity contribution in [2.45, 2.75) is 26.2 Å². The number of guanidine groups is 1. The number of hydrogen-bond donors (Lipinski definition) is 2. The minimum atomic E-state index is 0. The summed E-state index contributed by atoms with van der Waals surface area (Å²) in [6.07, 6.45) is 3.67. The molecule has 6 heteroatoms. The Morgan fingerprint density at radius 1 is 1.21 bits per heavy atom. The van der Waals surface area contributed by atoms with Gasteiger partial charge in [0, 0.05) is 31.7 Å². The van der Waals surface area contributed by atoms with Gasteiger partial charge in [0.15, 0.2) is 5.96 Å². The van der Waals surface area contributed by atoms with Crippen LogP contribution in [0.2, 0.25) is 5.02 Å². The van der Waals surface area contributed by atoms with Crippen LogP contribution in [0.5, 0.6) is 0 Å². The van der Waals surface area contributed by atoms with Crippen LogP contribution in [0.4, 0.5) is 0 Å².